The highest BCUT2D eigenvalue weighted by Gasteiger charge is 2.24. The fourth-order valence-corrected chi connectivity index (χ4v) is 4.63. The van der Waals surface area contributed by atoms with Crippen LogP contribution in [0.5, 0.6) is 0 Å². The van der Waals surface area contributed by atoms with Crippen molar-refractivity contribution in [3.8, 4) is 0 Å². The number of thiophene rings is 1. The lowest BCUT2D eigenvalue weighted by molar-refractivity contribution is -0.120. The van der Waals surface area contributed by atoms with E-state index in [2.05, 4.69) is 20.6 Å². The molecular formula is C26H29N5O3S. The Morgan fingerprint density at radius 2 is 1.86 bits per heavy atom. The molecule has 0 atom stereocenters. The lowest BCUT2D eigenvalue weighted by Crippen LogP contribution is -2.29. The van der Waals surface area contributed by atoms with Crippen LogP contribution >= 0.6 is 11.3 Å². The van der Waals surface area contributed by atoms with Crippen molar-refractivity contribution in [2.45, 2.75) is 34.1 Å². The maximum atomic E-state index is 13.0. The Hall–Kier alpha value is -3.72. The van der Waals surface area contributed by atoms with Crippen molar-refractivity contribution in [1.29, 1.82) is 0 Å². The first-order chi connectivity index (χ1) is 16.6. The van der Waals surface area contributed by atoms with Gasteiger partial charge in [-0.15, -0.1) is 11.3 Å². The van der Waals surface area contributed by atoms with Gasteiger partial charge in [-0.1, -0.05) is 20.8 Å². The number of fused-ring (bicyclic) bond motifs is 1. The Morgan fingerprint density at radius 3 is 2.49 bits per heavy atom. The molecule has 1 aromatic carbocycles. The number of rotatable bonds is 7. The van der Waals surface area contributed by atoms with E-state index in [9.17, 15) is 14.4 Å². The fraction of sp³-hybridized carbons (Fsp3) is 0.308. The molecule has 2 aromatic heterocycles. The molecule has 3 N–H and O–H groups in total. The van der Waals surface area contributed by atoms with E-state index in [1.54, 1.807) is 36.5 Å². The SMILES string of the molecule is CCNC(=O)c1c(NC(=O)c2ccc(C3=CN=C3)s2)[nH]c2cc(N(C)C(=O)CC(C)(C)C)ccc12. The van der Waals surface area contributed by atoms with E-state index in [1.807, 2.05) is 45.9 Å². The zero-order valence-electron chi connectivity index (χ0n) is 20.5. The van der Waals surface area contributed by atoms with E-state index < -0.39 is 0 Å². The van der Waals surface area contributed by atoms with E-state index in [4.69, 9.17) is 0 Å². The van der Waals surface area contributed by atoms with E-state index in [1.165, 1.54) is 11.3 Å². The molecule has 182 valence electrons. The molecule has 1 aliphatic rings. The van der Waals surface area contributed by atoms with Crippen LogP contribution in [0.1, 0.15) is 59.0 Å². The van der Waals surface area contributed by atoms with Gasteiger partial charge in [-0.05, 0) is 42.7 Å². The molecule has 9 heteroatoms. The maximum absolute atomic E-state index is 13.0. The molecule has 3 amide bonds. The Kier molecular flexibility index (Phi) is 6.62. The van der Waals surface area contributed by atoms with Crippen LogP contribution in [0.15, 0.2) is 41.5 Å². The van der Waals surface area contributed by atoms with Gasteiger partial charge in [0.25, 0.3) is 11.8 Å². The third-order valence-corrected chi connectivity index (χ3v) is 6.70. The second-order valence-corrected chi connectivity index (χ2v) is 10.7. The van der Waals surface area contributed by atoms with E-state index in [0.717, 1.165) is 10.5 Å². The van der Waals surface area contributed by atoms with E-state index in [0.29, 0.717) is 45.8 Å². The summed E-state index contributed by atoms with van der Waals surface area (Å²) in [6, 6.07) is 9.06. The number of allylic oxidation sites excluding steroid dienone is 1. The molecule has 0 radical (unpaired) electrons. The normalized spacial score (nSPS) is 12.8. The predicted molar refractivity (Wildman–Crippen MR) is 143 cm³/mol. The summed E-state index contributed by atoms with van der Waals surface area (Å²) in [4.78, 5) is 48.9. The van der Waals surface area contributed by atoms with Crippen LogP contribution in [-0.4, -0.2) is 42.5 Å². The van der Waals surface area contributed by atoms with Crippen molar-refractivity contribution in [2.24, 2.45) is 10.4 Å². The molecule has 3 aromatic rings. The van der Waals surface area contributed by atoms with Crippen molar-refractivity contribution in [2.75, 3.05) is 23.8 Å². The minimum Gasteiger partial charge on any atom is -0.352 e. The van der Waals surface area contributed by atoms with Gasteiger partial charge < -0.3 is 20.5 Å². The molecule has 0 spiro atoms. The zero-order chi connectivity index (χ0) is 25.3. The molecule has 1 aliphatic heterocycles. The third-order valence-electron chi connectivity index (χ3n) is 5.57. The average molecular weight is 492 g/mol. The molecule has 3 heterocycles. The molecule has 35 heavy (non-hydrogen) atoms. The fourth-order valence-electron chi connectivity index (χ4n) is 3.76. The van der Waals surface area contributed by atoms with Crippen molar-refractivity contribution >= 4 is 63.3 Å². The van der Waals surface area contributed by atoms with Crippen LogP contribution < -0.4 is 15.5 Å². The average Bonchev–Trinajstić information content (AvgIpc) is 3.35. The van der Waals surface area contributed by atoms with Crippen LogP contribution in [0.3, 0.4) is 0 Å². The van der Waals surface area contributed by atoms with Crippen LogP contribution in [-0.2, 0) is 4.79 Å². The molecule has 0 saturated carbocycles. The topological polar surface area (TPSA) is 107 Å². The molecule has 0 saturated heterocycles. The zero-order valence-corrected chi connectivity index (χ0v) is 21.3. The second kappa shape index (κ2) is 9.50. The summed E-state index contributed by atoms with van der Waals surface area (Å²) in [7, 11) is 1.74. The first-order valence-corrected chi connectivity index (χ1v) is 12.2. The van der Waals surface area contributed by atoms with E-state index in [-0.39, 0.29) is 23.1 Å². The largest absolute Gasteiger partial charge is 0.352 e. The number of anilines is 2. The molecule has 4 rings (SSSR count). The standard InChI is InChI=1S/C26H29N5O3S/c1-6-28-25(34)22-17-8-7-16(31(5)21(32)12-26(2,3)4)11-18(17)29-23(22)30-24(33)20-10-9-19(35-20)15-13-27-14-15/h7-11,13-14,29H,6,12H2,1-5H3,(H,28,34)(H,30,33). The van der Waals surface area contributed by atoms with Crippen molar-refractivity contribution in [3.63, 3.8) is 0 Å². The second-order valence-electron chi connectivity index (χ2n) is 9.64. The lowest BCUT2D eigenvalue weighted by Gasteiger charge is -2.23. The molecule has 8 nitrogen and oxygen atoms in total. The number of amides is 3. The molecule has 0 unspecified atom stereocenters. The molecule has 0 bridgehead atoms. The minimum absolute atomic E-state index is 0.000929. The smallest absolute Gasteiger partial charge is 0.266 e. The van der Waals surface area contributed by atoms with Crippen LogP contribution in [0.2, 0.25) is 0 Å². The van der Waals surface area contributed by atoms with Gasteiger partial charge in [0.15, 0.2) is 0 Å². The number of aliphatic imine (C=N–C) groups is 1. The van der Waals surface area contributed by atoms with Gasteiger partial charge in [-0.3, -0.25) is 19.4 Å². The number of carbonyl (C=O) groups excluding carboxylic acids is 3. The maximum Gasteiger partial charge on any atom is 0.266 e. The Bertz CT molecular complexity index is 1370. The van der Waals surface area contributed by atoms with Gasteiger partial charge in [0.1, 0.15) is 5.82 Å². The lowest BCUT2D eigenvalue weighted by atomic mass is 9.91. The van der Waals surface area contributed by atoms with Gasteiger partial charge in [0.2, 0.25) is 5.91 Å². The summed E-state index contributed by atoms with van der Waals surface area (Å²) < 4.78 is 0. The number of carbonyl (C=O) groups is 3. The number of aromatic nitrogens is 1. The van der Waals surface area contributed by atoms with Gasteiger partial charge >= 0.3 is 0 Å². The summed E-state index contributed by atoms with van der Waals surface area (Å²) in [5, 5.41) is 6.34. The van der Waals surface area contributed by atoms with Gasteiger partial charge in [-0.25, -0.2) is 0 Å². The van der Waals surface area contributed by atoms with Crippen molar-refractivity contribution in [3.05, 3.63) is 51.8 Å². The minimum atomic E-state index is -0.312. The number of nitrogens with zero attached hydrogens (tertiary/aromatic N) is 2. The first kappa shape index (κ1) is 24.4. The summed E-state index contributed by atoms with van der Waals surface area (Å²) in [5.41, 5.74) is 2.56. The number of hydrogen-bond acceptors (Lipinski definition) is 5. The van der Waals surface area contributed by atoms with Crippen LogP contribution in [0.4, 0.5) is 11.5 Å². The summed E-state index contributed by atoms with van der Waals surface area (Å²) >= 11 is 1.36. The van der Waals surface area contributed by atoms with Gasteiger partial charge in [0.05, 0.1) is 10.4 Å². The number of H-pyrrole nitrogens is 1. The van der Waals surface area contributed by atoms with Crippen LogP contribution in [0.25, 0.3) is 16.5 Å². The Labute approximate surface area is 208 Å². The summed E-state index contributed by atoms with van der Waals surface area (Å²) in [6.45, 7) is 8.35. The predicted octanol–water partition coefficient (Wildman–Crippen LogP) is 5.06. The van der Waals surface area contributed by atoms with Gasteiger partial charge in [-0.2, -0.15) is 0 Å². The quantitative estimate of drug-likeness (QED) is 0.430. The summed E-state index contributed by atoms with van der Waals surface area (Å²) in [6.07, 6.45) is 3.90. The first-order valence-electron chi connectivity index (χ1n) is 11.4. The van der Waals surface area contributed by atoms with Gasteiger partial charge in [0, 0.05) is 59.5 Å². The van der Waals surface area contributed by atoms with E-state index >= 15 is 0 Å². The molecule has 0 aliphatic carbocycles. The monoisotopic (exact) mass is 491 g/mol. The van der Waals surface area contributed by atoms with Crippen molar-refractivity contribution in [1.82, 2.24) is 10.3 Å². The molecular weight excluding hydrogens is 462 g/mol. The Morgan fingerprint density at radius 1 is 1.11 bits per heavy atom. The highest BCUT2D eigenvalue weighted by Crippen LogP contribution is 2.32. The highest BCUT2D eigenvalue weighted by molar-refractivity contribution is 7.15. The summed E-state index contributed by atoms with van der Waals surface area (Å²) in [5.74, 6) is -0.285. The highest BCUT2D eigenvalue weighted by atomic mass is 32.1. The third kappa shape index (κ3) is 5.19. The number of aromatic amines is 1. The number of nitrogens with one attached hydrogen (secondary N) is 3. The van der Waals surface area contributed by atoms with Crippen LogP contribution in [0, 0.1) is 5.41 Å². The molecule has 0 fully saturated rings. The number of hydrogen-bond donors (Lipinski definition) is 3. The number of benzene rings is 1. The van der Waals surface area contributed by atoms with Crippen molar-refractivity contribution < 1.29 is 14.4 Å². The Balaban J connectivity index is 1.65.